The van der Waals surface area contributed by atoms with Crippen LogP contribution >= 0.6 is 11.3 Å². The highest BCUT2D eigenvalue weighted by Gasteiger charge is 2.53. The summed E-state index contributed by atoms with van der Waals surface area (Å²) in [4.78, 5) is 16.2. The molecule has 2 N–H and O–H groups in total. The van der Waals surface area contributed by atoms with Gasteiger partial charge in [0.25, 0.3) is 0 Å². The zero-order valence-electron chi connectivity index (χ0n) is 11.2. The second-order valence-corrected chi connectivity index (χ2v) is 6.87. The van der Waals surface area contributed by atoms with E-state index in [1.165, 1.54) is 25.7 Å². The largest absolute Gasteiger partial charge is 0.337 e. The van der Waals surface area contributed by atoms with Gasteiger partial charge in [0.15, 0.2) is 0 Å². The zero-order valence-corrected chi connectivity index (χ0v) is 12.0. The molecule has 104 valence electrons. The molecule has 5 heteroatoms. The Kier molecular flexibility index (Phi) is 2.70. The number of nitrogens with zero attached hydrogens (tertiary/aromatic N) is 1. The lowest BCUT2D eigenvalue weighted by Gasteiger charge is -2.15. The van der Waals surface area contributed by atoms with Gasteiger partial charge in [0.2, 0.25) is 0 Å². The molecular weight excluding hydrogens is 270 g/mol. The number of nitrogens with one attached hydrogen (secondary N) is 2. The minimum atomic E-state index is -0.0965. The highest BCUT2D eigenvalue weighted by Crippen LogP contribution is 2.60. The SMILES string of the molecule is O=C(NCC1(C2CC2)CC1)Nc1ccc2ncsc2c1. The molecule has 0 bridgehead atoms. The van der Waals surface area contributed by atoms with Gasteiger partial charge in [0, 0.05) is 12.2 Å². The van der Waals surface area contributed by atoms with E-state index in [0.29, 0.717) is 5.41 Å². The summed E-state index contributed by atoms with van der Waals surface area (Å²) >= 11 is 1.59. The molecule has 2 saturated carbocycles. The van der Waals surface area contributed by atoms with Crippen LogP contribution in [0.3, 0.4) is 0 Å². The number of carbonyl (C=O) groups is 1. The molecule has 0 saturated heterocycles. The molecule has 0 radical (unpaired) electrons. The molecule has 2 aliphatic rings. The fourth-order valence-electron chi connectivity index (χ4n) is 2.95. The third-order valence-corrected chi connectivity index (χ3v) is 5.32. The number of hydrogen-bond acceptors (Lipinski definition) is 3. The van der Waals surface area contributed by atoms with E-state index in [1.54, 1.807) is 11.3 Å². The molecule has 0 atom stereocenters. The molecule has 2 aromatic rings. The summed E-state index contributed by atoms with van der Waals surface area (Å²) in [5.41, 5.74) is 4.07. The highest BCUT2D eigenvalue weighted by molar-refractivity contribution is 7.16. The number of benzene rings is 1. The van der Waals surface area contributed by atoms with Crippen molar-refractivity contribution in [2.24, 2.45) is 11.3 Å². The van der Waals surface area contributed by atoms with Crippen molar-refractivity contribution in [2.45, 2.75) is 25.7 Å². The van der Waals surface area contributed by atoms with E-state index >= 15 is 0 Å². The molecule has 1 heterocycles. The van der Waals surface area contributed by atoms with Gasteiger partial charge in [-0.2, -0.15) is 0 Å². The second kappa shape index (κ2) is 4.45. The molecule has 0 unspecified atom stereocenters. The van der Waals surface area contributed by atoms with Crippen molar-refractivity contribution < 1.29 is 4.79 Å². The van der Waals surface area contributed by atoms with Crippen LogP contribution in [0.5, 0.6) is 0 Å². The molecular formula is C15H17N3OS. The quantitative estimate of drug-likeness (QED) is 0.902. The van der Waals surface area contributed by atoms with Gasteiger partial charge in [0.05, 0.1) is 15.7 Å². The molecule has 0 aliphatic heterocycles. The number of fused-ring (bicyclic) bond motifs is 1. The van der Waals surface area contributed by atoms with Crippen molar-refractivity contribution in [3.8, 4) is 0 Å². The van der Waals surface area contributed by atoms with Crippen LogP contribution in [-0.4, -0.2) is 17.6 Å². The van der Waals surface area contributed by atoms with E-state index in [1.807, 2.05) is 23.7 Å². The number of anilines is 1. The highest BCUT2D eigenvalue weighted by atomic mass is 32.1. The van der Waals surface area contributed by atoms with Crippen LogP contribution in [0.4, 0.5) is 10.5 Å². The number of urea groups is 1. The van der Waals surface area contributed by atoms with E-state index < -0.39 is 0 Å². The van der Waals surface area contributed by atoms with E-state index in [4.69, 9.17) is 0 Å². The first-order chi connectivity index (χ1) is 9.75. The van der Waals surface area contributed by atoms with Gasteiger partial charge in [-0.15, -0.1) is 11.3 Å². The Balaban J connectivity index is 1.37. The number of thiazole rings is 1. The maximum absolute atomic E-state index is 12.0. The van der Waals surface area contributed by atoms with Crippen LogP contribution in [0.25, 0.3) is 10.2 Å². The lowest BCUT2D eigenvalue weighted by Crippen LogP contribution is -2.34. The van der Waals surface area contributed by atoms with Gasteiger partial charge < -0.3 is 10.6 Å². The number of aromatic nitrogens is 1. The van der Waals surface area contributed by atoms with Crippen LogP contribution in [0.2, 0.25) is 0 Å². The average Bonchev–Trinajstić information content (AvgIpc) is 3.33. The maximum atomic E-state index is 12.0. The third-order valence-electron chi connectivity index (χ3n) is 4.53. The standard InChI is InChI=1S/C15H17N3OS/c19-14(16-8-15(5-6-15)10-1-2-10)18-11-3-4-12-13(7-11)20-9-17-12/h3-4,7,9-10H,1-2,5-6,8H2,(H2,16,18,19). The smallest absolute Gasteiger partial charge is 0.319 e. The molecule has 0 spiro atoms. The second-order valence-electron chi connectivity index (χ2n) is 5.98. The first-order valence-electron chi connectivity index (χ1n) is 7.13. The Hall–Kier alpha value is -1.62. The predicted octanol–water partition coefficient (Wildman–Crippen LogP) is 3.61. The van der Waals surface area contributed by atoms with Crippen molar-refractivity contribution in [1.82, 2.24) is 10.3 Å². The van der Waals surface area contributed by atoms with E-state index in [9.17, 15) is 4.79 Å². The van der Waals surface area contributed by atoms with Gasteiger partial charge in [-0.05, 0) is 55.2 Å². The van der Waals surface area contributed by atoms with E-state index in [-0.39, 0.29) is 6.03 Å². The van der Waals surface area contributed by atoms with Gasteiger partial charge in [-0.3, -0.25) is 0 Å². The summed E-state index contributed by atoms with van der Waals surface area (Å²) in [5.74, 6) is 0.872. The molecule has 2 fully saturated rings. The minimum absolute atomic E-state index is 0.0965. The topological polar surface area (TPSA) is 54.0 Å². The van der Waals surface area contributed by atoms with E-state index in [0.717, 1.165) is 28.4 Å². The number of amides is 2. The van der Waals surface area contributed by atoms with Crippen molar-refractivity contribution >= 4 is 33.3 Å². The number of rotatable bonds is 4. The summed E-state index contributed by atoms with van der Waals surface area (Å²) in [7, 11) is 0. The Morgan fingerprint density at radius 3 is 3.00 bits per heavy atom. The normalized spacial score (nSPS) is 19.8. The average molecular weight is 287 g/mol. The predicted molar refractivity (Wildman–Crippen MR) is 81.0 cm³/mol. The Bertz CT molecular complexity index is 658. The third kappa shape index (κ3) is 2.26. The molecule has 1 aromatic heterocycles. The Labute approximate surface area is 121 Å². The van der Waals surface area contributed by atoms with Gasteiger partial charge in [-0.25, -0.2) is 9.78 Å². The van der Waals surface area contributed by atoms with Crippen LogP contribution in [0, 0.1) is 11.3 Å². The first kappa shape index (κ1) is 12.1. The summed E-state index contributed by atoms with van der Waals surface area (Å²) in [6.45, 7) is 0.826. The lowest BCUT2D eigenvalue weighted by atomic mass is 10.0. The maximum Gasteiger partial charge on any atom is 0.319 e. The summed E-state index contributed by atoms with van der Waals surface area (Å²) in [5, 5.41) is 5.95. The monoisotopic (exact) mass is 287 g/mol. The lowest BCUT2D eigenvalue weighted by molar-refractivity contribution is 0.248. The Morgan fingerprint density at radius 2 is 2.25 bits per heavy atom. The Morgan fingerprint density at radius 1 is 1.40 bits per heavy atom. The van der Waals surface area contributed by atoms with Crippen molar-refractivity contribution in [3.63, 3.8) is 0 Å². The first-order valence-corrected chi connectivity index (χ1v) is 8.01. The molecule has 20 heavy (non-hydrogen) atoms. The van der Waals surface area contributed by atoms with Gasteiger partial charge in [0.1, 0.15) is 0 Å². The van der Waals surface area contributed by atoms with Crippen molar-refractivity contribution in [2.75, 3.05) is 11.9 Å². The minimum Gasteiger partial charge on any atom is -0.337 e. The van der Waals surface area contributed by atoms with Crippen LogP contribution in [0.1, 0.15) is 25.7 Å². The summed E-state index contributed by atoms with van der Waals surface area (Å²) < 4.78 is 1.10. The van der Waals surface area contributed by atoms with Crippen LogP contribution < -0.4 is 10.6 Å². The molecule has 2 aliphatic carbocycles. The van der Waals surface area contributed by atoms with Gasteiger partial charge in [-0.1, -0.05) is 0 Å². The van der Waals surface area contributed by atoms with Crippen molar-refractivity contribution in [1.29, 1.82) is 0 Å². The number of hydrogen-bond donors (Lipinski definition) is 2. The van der Waals surface area contributed by atoms with Crippen LogP contribution in [-0.2, 0) is 0 Å². The summed E-state index contributed by atoms with van der Waals surface area (Å²) in [6.07, 6.45) is 5.27. The van der Waals surface area contributed by atoms with Gasteiger partial charge >= 0.3 is 6.03 Å². The zero-order chi connectivity index (χ0) is 13.6. The van der Waals surface area contributed by atoms with Crippen LogP contribution in [0.15, 0.2) is 23.7 Å². The van der Waals surface area contributed by atoms with E-state index in [2.05, 4.69) is 15.6 Å². The molecule has 1 aromatic carbocycles. The molecule has 4 rings (SSSR count). The molecule has 4 nitrogen and oxygen atoms in total. The fraction of sp³-hybridized carbons (Fsp3) is 0.467. The number of carbonyl (C=O) groups excluding carboxylic acids is 1. The fourth-order valence-corrected chi connectivity index (χ4v) is 3.67. The van der Waals surface area contributed by atoms with Crippen molar-refractivity contribution in [3.05, 3.63) is 23.7 Å². The molecule has 2 amide bonds. The summed E-state index contributed by atoms with van der Waals surface area (Å²) in [6, 6.07) is 5.71.